The van der Waals surface area contributed by atoms with Crippen molar-refractivity contribution in [2.24, 2.45) is 5.92 Å². The van der Waals surface area contributed by atoms with E-state index < -0.39 is 11.9 Å². The molecule has 1 atom stereocenters. The number of cyclic esters (lactones) is 4. The topological polar surface area (TPSA) is 86.7 Å². The van der Waals surface area contributed by atoms with Crippen LogP contribution in [0, 0.1) is 5.92 Å². The van der Waals surface area contributed by atoms with Gasteiger partial charge in [-0.25, -0.2) is 9.59 Å². The third-order valence-electron chi connectivity index (χ3n) is 3.42. The number of benzene rings is 1. The van der Waals surface area contributed by atoms with Crippen molar-refractivity contribution in [1.29, 1.82) is 0 Å². The second kappa shape index (κ2) is 6.98. The quantitative estimate of drug-likeness (QED) is 0.629. The fraction of sp³-hybridized carbons (Fsp3) is 0.375. The smallest absolute Gasteiger partial charge is 0.346 e. The second-order valence-electron chi connectivity index (χ2n) is 5.06. The fourth-order valence-corrected chi connectivity index (χ4v) is 2.23. The van der Waals surface area contributed by atoms with Gasteiger partial charge in [-0.1, -0.05) is 31.9 Å². The van der Waals surface area contributed by atoms with Crippen molar-refractivity contribution in [3.63, 3.8) is 0 Å². The van der Waals surface area contributed by atoms with Gasteiger partial charge in [-0.3, -0.25) is 9.59 Å². The summed E-state index contributed by atoms with van der Waals surface area (Å²) in [4.78, 5) is 43.1. The molecule has 1 unspecified atom stereocenters. The predicted octanol–water partition coefficient (Wildman–Crippen LogP) is 2.26. The Morgan fingerprint density at radius 1 is 1.00 bits per heavy atom. The Kier molecular flexibility index (Phi) is 5.04. The van der Waals surface area contributed by atoms with E-state index in [0.717, 1.165) is 19.3 Å². The fourth-order valence-electron chi connectivity index (χ4n) is 2.23. The molecule has 0 spiro atoms. The van der Waals surface area contributed by atoms with Crippen LogP contribution in [-0.4, -0.2) is 23.9 Å². The Balaban J connectivity index is 0.000000160. The largest absolute Gasteiger partial charge is 0.393 e. The summed E-state index contributed by atoms with van der Waals surface area (Å²) in [7, 11) is 0. The average Bonchev–Trinajstić information content (AvgIpc) is 2.97. The molecule has 3 rings (SSSR count). The molecule has 116 valence electrons. The zero-order chi connectivity index (χ0) is 16.1. The summed E-state index contributed by atoms with van der Waals surface area (Å²) in [6.07, 6.45) is 3.13. The maximum absolute atomic E-state index is 10.8. The molecule has 1 aromatic carbocycles. The number of carbonyl (C=O) groups is 4. The molecular weight excluding hydrogens is 288 g/mol. The van der Waals surface area contributed by atoms with Crippen LogP contribution in [0.1, 0.15) is 53.3 Å². The third-order valence-corrected chi connectivity index (χ3v) is 3.42. The maximum Gasteiger partial charge on any atom is 0.346 e. The van der Waals surface area contributed by atoms with Crippen LogP contribution in [-0.2, 0) is 19.1 Å². The summed E-state index contributed by atoms with van der Waals surface area (Å²) < 4.78 is 8.75. The van der Waals surface area contributed by atoms with Gasteiger partial charge in [-0.05, 0) is 18.6 Å². The van der Waals surface area contributed by atoms with Crippen molar-refractivity contribution in [3.05, 3.63) is 35.4 Å². The number of rotatable bonds is 3. The van der Waals surface area contributed by atoms with E-state index in [1.165, 1.54) is 0 Å². The van der Waals surface area contributed by atoms with Gasteiger partial charge < -0.3 is 9.47 Å². The van der Waals surface area contributed by atoms with Crippen LogP contribution in [0.4, 0.5) is 0 Å². The van der Waals surface area contributed by atoms with Gasteiger partial charge >= 0.3 is 23.9 Å². The minimum Gasteiger partial charge on any atom is -0.393 e. The van der Waals surface area contributed by atoms with Crippen LogP contribution in [0.15, 0.2) is 24.3 Å². The average molecular weight is 304 g/mol. The van der Waals surface area contributed by atoms with E-state index in [0.29, 0.717) is 17.5 Å². The molecule has 1 saturated heterocycles. The molecule has 1 fully saturated rings. The molecule has 2 aliphatic rings. The van der Waals surface area contributed by atoms with E-state index in [1.807, 2.05) is 0 Å². The van der Waals surface area contributed by atoms with E-state index in [-0.39, 0.29) is 17.9 Å². The minimum absolute atomic E-state index is 0.151. The first kappa shape index (κ1) is 15.9. The molecule has 6 nitrogen and oxygen atoms in total. The molecule has 0 aliphatic carbocycles. The van der Waals surface area contributed by atoms with Crippen molar-refractivity contribution >= 4 is 23.9 Å². The molecule has 0 radical (unpaired) electrons. The van der Waals surface area contributed by atoms with Crippen molar-refractivity contribution in [3.8, 4) is 0 Å². The normalized spacial score (nSPS) is 19.2. The summed E-state index contributed by atoms with van der Waals surface area (Å²) in [5, 5.41) is 0. The van der Waals surface area contributed by atoms with Crippen LogP contribution in [0.5, 0.6) is 0 Å². The monoisotopic (exact) mass is 304 g/mol. The highest BCUT2D eigenvalue weighted by atomic mass is 16.6. The molecule has 0 bridgehead atoms. The maximum atomic E-state index is 10.8. The number of ether oxygens (including phenoxy) is 2. The van der Waals surface area contributed by atoms with Gasteiger partial charge in [0, 0.05) is 0 Å². The Labute approximate surface area is 127 Å². The third kappa shape index (κ3) is 3.58. The number of fused-ring (bicyclic) bond motifs is 1. The van der Waals surface area contributed by atoms with E-state index in [9.17, 15) is 19.2 Å². The molecule has 6 heteroatoms. The van der Waals surface area contributed by atoms with E-state index in [2.05, 4.69) is 16.4 Å². The van der Waals surface area contributed by atoms with Crippen molar-refractivity contribution < 1.29 is 28.7 Å². The van der Waals surface area contributed by atoms with Crippen molar-refractivity contribution in [2.75, 3.05) is 0 Å². The molecule has 2 aliphatic heterocycles. The van der Waals surface area contributed by atoms with Crippen LogP contribution >= 0.6 is 0 Å². The minimum atomic E-state index is -0.550. The number of hydrogen-bond acceptors (Lipinski definition) is 6. The molecular formula is C16H16O6. The summed E-state index contributed by atoms with van der Waals surface area (Å²) in [6.45, 7) is 2.06. The van der Waals surface area contributed by atoms with Gasteiger partial charge in [0.05, 0.1) is 23.5 Å². The first-order chi connectivity index (χ1) is 10.5. The van der Waals surface area contributed by atoms with Crippen LogP contribution in [0.2, 0.25) is 0 Å². The van der Waals surface area contributed by atoms with Crippen LogP contribution < -0.4 is 0 Å². The lowest BCUT2D eigenvalue weighted by atomic mass is 10.0. The van der Waals surface area contributed by atoms with Gasteiger partial charge in [-0.15, -0.1) is 0 Å². The first-order valence-electron chi connectivity index (χ1n) is 7.13. The van der Waals surface area contributed by atoms with Crippen molar-refractivity contribution in [2.45, 2.75) is 32.6 Å². The number of carbonyl (C=O) groups excluding carboxylic acids is 4. The van der Waals surface area contributed by atoms with E-state index >= 15 is 0 Å². The molecule has 0 saturated carbocycles. The molecule has 22 heavy (non-hydrogen) atoms. The van der Waals surface area contributed by atoms with Gasteiger partial charge in [0.15, 0.2) is 0 Å². The molecule has 1 aromatic rings. The standard InChI is InChI=1S/C8H4O3.C8H12O3/c9-7-5-3-1-2-4-6(5)8(10)11-7;1-2-3-4-6-5-7(9)11-8(6)10/h1-4H;6H,2-5H2,1H3. The van der Waals surface area contributed by atoms with E-state index in [4.69, 9.17) is 0 Å². The zero-order valence-corrected chi connectivity index (χ0v) is 12.2. The van der Waals surface area contributed by atoms with Gasteiger partial charge in [0.1, 0.15) is 0 Å². The highest BCUT2D eigenvalue weighted by Crippen LogP contribution is 2.21. The lowest BCUT2D eigenvalue weighted by Gasteiger charge is -2.00. The predicted molar refractivity (Wildman–Crippen MR) is 74.9 cm³/mol. The second-order valence-corrected chi connectivity index (χ2v) is 5.06. The van der Waals surface area contributed by atoms with Crippen LogP contribution in [0.3, 0.4) is 0 Å². The Bertz CT molecular complexity index is 586. The lowest BCUT2D eigenvalue weighted by molar-refractivity contribution is -0.153. The van der Waals surface area contributed by atoms with Crippen molar-refractivity contribution in [1.82, 2.24) is 0 Å². The summed E-state index contributed by atoms with van der Waals surface area (Å²) >= 11 is 0. The van der Waals surface area contributed by atoms with Crippen LogP contribution in [0.25, 0.3) is 0 Å². The summed E-state index contributed by atoms with van der Waals surface area (Å²) in [5.41, 5.74) is 0.718. The highest BCUT2D eigenvalue weighted by Gasteiger charge is 2.32. The number of unbranched alkanes of at least 4 members (excludes halogenated alkanes) is 1. The molecule has 0 amide bonds. The van der Waals surface area contributed by atoms with Gasteiger partial charge in [0.2, 0.25) is 0 Å². The van der Waals surface area contributed by atoms with Gasteiger partial charge in [-0.2, -0.15) is 0 Å². The Hall–Kier alpha value is -2.50. The Morgan fingerprint density at radius 2 is 1.59 bits per heavy atom. The first-order valence-corrected chi connectivity index (χ1v) is 7.13. The Morgan fingerprint density at radius 3 is 2.05 bits per heavy atom. The SMILES string of the molecule is CCCCC1CC(=O)OC1=O.O=C1OC(=O)c2ccccc21. The molecule has 2 heterocycles. The summed E-state index contributed by atoms with van der Waals surface area (Å²) in [5.74, 6) is -1.95. The van der Waals surface area contributed by atoms with E-state index in [1.54, 1.807) is 24.3 Å². The molecule has 0 N–H and O–H groups in total. The molecule has 0 aromatic heterocycles. The number of esters is 4. The number of hydrogen-bond donors (Lipinski definition) is 0. The zero-order valence-electron chi connectivity index (χ0n) is 12.2. The highest BCUT2D eigenvalue weighted by molar-refractivity contribution is 6.14. The van der Waals surface area contributed by atoms with Gasteiger partial charge in [0.25, 0.3) is 0 Å². The lowest BCUT2D eigenvalue weighted by Crippen LogP contribution is -2.06. The summed E-state index contributed by atoms with van der Waals surface area (Å²) in [6, 6.07) is 6.53.